The van der Waals surface area contributed by atoms with E-state index in [1.165, 1.54) is 23.1 Å². The van der Waals surface area contributed by atoms with Crippen molar-refractivity contribution >= 4 is 51.7 Å². The number of carbonyl (C=O) groups is 1. The molecule has 3 heterocycles. The van der Waals surface area contributed by atoms with E-state index in [1.807, 2.05) is 36.6 Å². The number of halogens is 1. The van der Waals surface area contributed by atoms with E-state index in [-0.39, 0.29) is 28.8 Å². The maximum atomic E-state index is 13.3. The first-order valence-electron chi connectivity index (χ1n) is 13.4. The zero-order valence-corrected chi connectivity index (χ0v) is 25.6. The average Bonchev–Trinajstić information content (AvgIpc) is 3.48. The molecule has 0 saturated heterocycles. The van der Waals surface area contributed by atoms with Gasteiger partial charge in [0, 0.05) is 33.7 Å². The number of nitrogens with zero attached hydrogens (tertiary/aromatic N) is 4. The Morgan fingerprint density at radius 3 is 2.53 bits per heavy atom. The maximum absolute atomic E-state index is 13.3. The molecular weight excluding hydrogens is 606 g/mol. The Bertz CT molecular complexity index is 1880. The normalized spacial score (nSPS) is 11.8. The van der Waals surface area contributed by atoms with Crippen molar-refractivity contribution in [1.29, 1.82) is 5.26 Å². The number of hydrogen-bond acceptors (Lipinski definition) is 9. The van der Waals surface area contributed by atoms with Gasteiger partial charge in [0.1, 0.15) is 27.7 Å². The lowest BCUT2D eigenvalue weighted by Crippen LogP contribution is -2.15. The number of aryl methyl sites for hydroxylation is 1. The number of thiazole rings is 1. The fraction of sp³-hybridized carbons (Fsp3) is 0.226. The van der Waals surface area contributed by atoms with Gasteiger partial charge < -0.3 is 14.8 Å². The van der Waals surface area contributed by atoms with Gasteiger partial charge in [0.25, 0.3) is 5.56 Å². The van der Waals surface area contributed by atoms with Crippen molar-refractivity contribution in [2.75, 3.05) is 6.61 Å². The Balaban J connectivity index is 1.48. The third kappa shape index (κ3) is 6.88. The number of nitrogens with one attached hydrogen (secondary N) is 1. The lowest BCUT2D eigenvalue weighted by atomic mass is 9.98. The van der Waals surface area contributed by atoms with E-state index in [0.717, 1.165) is 16.3 Å². The summed E-state index contributed by atoms with van der Waals surface area (Å²) in [5, 5.41) is 23.6. The van der Waals surface area contributed by atoms with Crippen LogP contribution in [0.1, 0.15) is 37.4 Å². The molecule has 43 heavy (non-hydrogen) atoms. The van der Waals surface area contributed by atoms with Crippen LogP contribution in [0.5, 0.6) is 5.75 Å². The van der Waals surface area contributed by atoms with Crippen molar-refractivity contribution in [2.45, 2.75) is 37.5 Å². The molecule has 9 nitrogen and oxygen atoms in total. The summed E-state index contributed by atoms with van der Waals surface area (Å²) in [6.07, 6.45) is 0.885. The third-order valence-corrected chi connectivity index (χ3v) is 8.90. The van der Waals surface area contributed by atoms with E-state index in [0.29, 0.717) is 51.3 Å². The second-order valence-electron chi connectivity index (χ2n) is 9.68. The number of ether oxygens (including phenoxy) is 1. The molecule has 0 aliphatic rings. The topological polar surface area (TPSA) is 142 Å². The monoisotopic (exact) mass is 631 g/mol. The first-order valence-corrected chi connectivity index (χ1v) is 15.7. The minimum atomic E-state index is -0.872. The van der Waals surface area contributed by atoms with Crippen molar-refractivity contribution in [3.8, 4) is 33.5 Å². The van der Waals surface area contributed by atoms with E-state index < -0.39 is 11.9 Å². The van der Waals surface area contributed by atoms with Crippen LogP contribution in [-0.4, -0.2) is 37.6 Å². The molecule has 0 radical (unpaired) electrons. The van der Waals surface area contributed by atoms with Gasteiger partial charge in [0.2, 0.25) is 0 Å². The van der Waals surface area contributed by atoms with E-state index in [1.54, 1.807) is 31.2 Å². The number of nitriles is 1. The van der Waals surface area contributed by atoms with Crippen molar-refractivity contribution in [3.05, 3.63) is 86.4 Å². The molecule has 218 valence electrons. The van der Waals surface area contributed by atoms with Crippen LogP contribution in [-0.2, 0) is 17.0 Å². The highest BCUT2D eigenvalue weighted by Crippen LogP contribution is 2.37. The molecule has 1 atom stereocenters. The molecule has 5 aromatic rings. The van der Waals surface area contributed by atoms with E-state index in [2.05, 4.69) is 21.0 Å². The predicted molar refractivity (Wildman–Crippen MR) is 169 cm³/mol. The van der Waals surface area contributed by atoms with Crippen molar-refractivity contribution in [3.63, 3.8) is 0 Å². The number of aromatic amines is 1. The van der Waals surface area contributed by atoms with Gasteiger partial charge >= 0.3 is 5.97 Å². The minimum Gasteiger partial charge on any atom is -0.494 e. The molecule has 5 rings (SSSR count). The highest BCUT2D eigenvalue weighted by molar-refractivity contribution is 7.98. The molecule has 0 bridgehead atoms. The van der Waals surface area contributed by atoms with Crippen LogP contribution < -0.4 is 10.3 Å². The van der Waals surface area contributed by atoms with Crippen LogP contribution in [0, 0.1) is 17.2 Å². The molecule has 0 fully saturated rings. The van der Waals surface area contributed by atoms with E-state index in [9.17, 15) is 14.9 Å². The lowest BCUT2D eigenvalue weighted by Gasteiger charge is -2.13. The van der Waals surface area contributed by atoms with Gasteiger partial charge in [-0.1, -0.05) is 61.5 Å². The van der Waals surface area contributed by atoms with Crippen LogP contribution in [0.15, 0.2) is 63.7 Å². The average molecular weight is 632 g/mol. The van der Waals surface area contributed by atoms with Crippen LogP contribution in [0.3, 0.4) is 0 Å². The van der Waals surface area contributed by atoms with Gasteiger partial charge in [-0.3, -0.25) is 9.59 Å². The second-order valence-corrected chi connectivity index (χ2v) is 11.9. The first kappa shape index (κ1) is 30.2. The molecule has 2 N–H and O–H groups in total. The summed E-state index contributed by atoms with van der Waals surface area (Å²) in [6, 6.07) is 16.8. The first-order chi connectivity index (χ1) is 20.8. The molecule has 0 saturated carbocycles. The van der Waals surface area contributed by atoms with Gasteiger partial charge in [-0.25, -0.2) is 15.0 Å². The fourth-order valence-electron chi connectivity index (χ4n) is 4.30. The highest BCUT2D eigenvalue weighted by Gasteiger charge is 2.21. The third-order valence-electron chi connectivity index (χ3n) is 6.70. The smallest absolute Gasteiger partial charge is 0.306 e. The molecular formula is C31H26ClN5O4S2. The highest BCUT2D eigenvalue weighted by atomic mass is 35.5. The van der Waals surface area contributed by atoms with Crippen molar-refractivity contribution < 1.29 is 14.6 Å². The number of thioether (sulfide) groups is 1. The van der Waals surface area contributed by atoms with Gasteiger partial charge in [-0.05, 0) is 36.2 Å². The Hall–Kier alpha value is -4.24. The van der Waals surface area contributed by atoms with Crippen LogP contribution in [0.2, 0.25) is 5.02 Å². The standard InChI is InChI=1S/C31H26ClN5O4S2/c1-3-24-35-27-26(28(38)36-24)25(18-6-10-22(11-7-18)41-13-12-17(2)31(39)40)23(14-33)30(37-27)43-16-21-15-42-29(34-21)19-4-8-20(32)9-5-19/h4-11,15,17H,3,12-13,16H2,1-2H3,(H,39,40)(H,35,36,37,38). The SMILES string of the molecule is CCc1nc2nc(SCc3csc(-c4ccc(Cl)cc4)n3)c(C#N)c(-c3ccc(OCCC(C)C(=O)O)cc3)c2c(=O)[nH]1. The number of aromatic nitrogens is 4. The molecule has 2 aromatic carbocycles. The van der Waals surface area contributed by atoms with Crippen LogP contribution >= 0.6 is 34.7 Å². The van der Waals surface area contributed by atoms with E-state index in [4.69, 9.17) is 26.4 Å². The summed E-state index contributed by atoms with van der Waals surface area (Å²) in [5.74, 6) is 0.124. The Kier molecular flexibility index (Phi) is 9.40. The lowest BCUT2D eigenvalue weighted by molar-refractivity contribution is -0.141. The molecule has 1 unspecified atom stereocenters. The fourth-order valence-corrected chi connectivity index (χ4v) is 6.23. The largest absolute Gasteiger partial charge is 0.494 e. The van der Waals surface area contributed by atoms with Crippen molar-refractivity contribution in [2.24, 2.45) is 5.92 Å². The summed E-state index contributed by atoms with van der Waals surface area (Å²) >= 11 is 8.90. The molecule has 3 aromatic heterocycles. The minimum absolute atomic E-state index is 0.237. The van der Waals surface area contributed by atoms with Gasteiger partial charge in [0.05, 0.1) is 29.2 Å². The number of fused-ring (bicyclic) bond motifs is 1. The maximum Gasteiger partial charge on any atom is 0.306 e. The summed E-state index contributed by atoms with van der Waals surface area (Å²) < 4.78 is 5.73. The Morgan fingerprint density at radius 1 is 1.14 bits per heavy atom. The number of H-pyrrole nitrogens is 1. The van der Waals surface area contributed by atoms with Gasteiger partial charge in [0.15, 0.2) is 5.65 Å². The number of carboxylic acid groups (broad SMARTS) is 1. The van der Waals surface area contributed by atoms with Gasteiger partial charge in [-0.2, -0.15) is 5.26 Å². The number of aliphatic carboxylic acids is 1. The predicted octanol–water partition coefficient (Wildman–Crippen LogP) is 6.98. The molecule has 0 aliphatic carbocycles. The summed E-state index contributed by atoms with van der Waals surface area (Å²) in [4.78, 5) is 41.1. The number of carboxylic acids is 1. The Morgan fingerprint density at radius 2 is 1.86 bits per heavy atom. The molecule has 12 heteroatoms. The zero-order valence-electron chi connectivity index (χ0n) is 23.3. The molecule has 0 amide bonds. The van der Waals surface area contributed by atoms with Crippen LogP contribution in [0.4, 0.5) is 0 Å². The number of hydrogen-bond donors (Lipinski definition) is 2. The summed E-state index contributed by atoms with van der Waals surface area (Å²) in [6.45, 7) is 3.76. The number of benzene rings is 2. The zero-order chi connectivity index (χ0) is 30.5. The second kappa shape index (κ2) is 13.4. The quantitative estimate of drug-likeness (QED) is 0.148. The van der Waals surface area contributed by atoms with E-state index >= 15 is 0 Å². The molecule has 0 aliphatic heterocycles. The van der Waals surface area contributed by atoms with Crippen LogP contribution in [0.25, 0.3) is 32.7 Å². The Labute approximate surface area is 260 Å². The molecule has 0 spiro atoms. The summed E-state index contributed by atoms with van der Waals surface area (Å²) in [5.41, 5.74) is 3.04. The number of rotatable bonds is 11. The van der Waals surface area contributed by atoms with Gasteiger partial charge in [-0.15, -0.1) is 11.3 Å². The van der Waals surface area contributed by atoms with Crippen molar-refractivity contribution in [1.82, 2.24) is 19.9 Å². The summed E-state index contributed by atoms with van der Waals surface area (Å²) in [7, 11) is 0. The number of pyridine rings is 1.